The highest BCUT2D eigenvalue weighted by atomic mass is 79.9. The second-order valence-corrected chi connectivity index (χ2v) is 5.81. The molecule has 0 saturated carbocycles. The van der Waals surface area contributed by atoms with Gasteiger partial charge in [-0.25, -0.2) is 0 Å². The van der Waals surface area contributed by atoms with E-state index < -0.39 is 0 Å². The van der Waals surface area contributed by atoms with E-state index in [4.69, 9.17) is 5.73 Å². The summed E-state index contributed by atoms with van der Waals surface area (Å²) in [7, 11) is 2.12. The summed E-state index contributed by atoms with van der Waals surface area (Å²) in [6, 6.07) is 5.92. The predicted octanol–water partition coefficient (Wildman–Crippen LogP) is 1.23. The Kier molecular flexibility index (Phi) is 4.61. The number of phenolic OH excluding ortho intramolecular Hbond substituents is 1. The normalized spacial score (nSPS) is 22.3. The van der Waals surface area contributed by atoms with E-state index in [0.717, 1.165) is 36.2 Å². The SMILES string of the molecule is CN1CCN(Cc2cc(Br)ccc2O)C(CN)C1. The van der Waals surface area contributed by atoms with E-state index in [9.17, 15) is 5.11 Å². The van der Waals surface area contributed by atoms with Gasteiger partial charge in [-0.05, 0) is 25.2 Å². The molecule has 5 heteroatoms. The number of nitrogens with zero attached hydrogens (tertiary/aromatic N) is 2. The van der Waals surface area contributed by atoms with Crippen LogP contribution < -0.4 is 5.73 Å². The fraction of sp³-hybridized carbons (Fsp3) is 0.538. The molecule has 1 unspecified atom stereocenters. The summed E-state index contributed by atoms with van der Waals surface area (Å²) in [5, 5.41) is 9.89. The van der Waals surface area contributed by atoms with Crippen molar-refractivity contribution >= 4 is 15.9 Å². The van der Waals surface area contributed by atoms with Gasteiger partial charge >= 0.3 is 0 Å². The van der Waals surface area contributed by atoms with Gasteiger partial charge in [-0.15, -0.1) is 0 Å². The summed E-state index contributed by atoms with van der Waals surface area (Å²) in [5.41, 5.74) is 6.79. The van der Waals surface area contributed by atoms with Crippen LogP contribution in [0.4, 0.5) is 0 Å². The molecular formula is C13H20BrN3O. The summed E-state index contributed by atoms with van der Waals surface area (Å²) in [6.07, 6.45) is 0. The van der Waals surface area contributed by atoms with Crippen molar-refractivity contribution in [3.8, 4) is 5.75 Å². The van der Waals surface area contributed by atoms with Crippen molar-refractivity contribution in [1.29, 1.82) is 0 Å². The molecule has 0 spiro atoms. The minimum atomic E-state index is 0.355. The molecule has 1 heterocycles. The highest BCUT2D eigenvalue weighted by Crippen LogP contribution is 2.24. The highest BCUT2D eigenvalue weighted by molar-refractivity contribution is 9.10. The fourth-order valence-corrected chi connectivity index (χ4v) is 2.79. The van der Waals surface area contributed by atoms with E-state index >= 15 is 0 Å². The first-order valence-electron chi connectivity index (χ1n) is 6.20. The lowest BCUT2D eigenvalue weighted by atomic mass is 10.1. The molecule has 1 aromatic carbocycles. The van der Waals surface area contributed by atoms with Crippen molar-refractivity contribution in [3.05, 3.63) is 28.2 Å². The molecule has 1 aliphatic rings. The van der Waals surface area contributed by atoms with Crippen molar-refractivity contribution in [2.75, 3.05) is 33.2 Å². The number of benzene rings is 1. The van der Waals surface area contributed by atoms with Crippen LogP contribution in [-0.2, 0) is 6.54 Å². The lowest BCUT2D eigenvalue weighted by Gasteiger charge is -2.39. The van der Waals surface area contributed by atoms with Crippen molar-refractivity contribution < 1.29 is 5.11 Å². The first-order chi connectivity index (χ1) is 8.60. The molecule has 0 bridgehead atoms. The maximum atomic E-state index is 9.89. The van der Waals surface area contributed by atoms with Crippen LogP contribution in [0.15, 0.2) is 22.7 Å². The second-order valence-electron chi connectivity index (χ2n) is 4.90. The monoisotopic (exact) mass is 313 g/mol. The predicted molar refractivity (Wildman–Crippen MR) is 76.6 cm³/mol. The average molecular weight is 314 g/mol. The molecule has 4 nitrogen and oxygen atoms in total. The minimum absolute atomic E-state index is 0.355. The smallest absolute Gasteiger partial charge is 0.120 e. The number of aromatic hydroxyl groups is 1. The van der Waals surface area contributed by atoms with Crippen LogP contribution in [0, 0.1) is 0 Å². The number of piperazine rings is 1. The van der Waals surface area contributed by atoms with Crippen LogP contribution >= 0.6 is 15.9 Å². The third-order valence-electron chi connectivity index (χ3n) is 3.49. The van der Waals surface area contributed by atoms with Crippen LogP contribution in [0.25, 0.3) is 0 Å². The zero-order valence-electron chi connectivity index (χ0n) is 10.6. The van der Waals surface area contributed by atoms with Gasteiger partial charge in [0.1, 0.15) is 5.75 Å². The van der Waals surface area contributed by atoms with Gasteiger partial charge < -0.3 is 15.7 Å². The van der Waals surface area contributed by atoms with Crippen molar-refractivity contribution in [1.82, 2.24) is 9.80 Å². The van der Waals surface area contributed by atoms with Crippen molar-refractivity contribution in [2.24, 2.45) is 5.73 Å². The first-order valence-corrected chi connectivity index (χ1v) is 6.99. The summed E-state index contributed by atoms with van der Waals surface area (Å²) in [5.74, 6) is 0.355. The molecule has 1 saturated heterocycles. The van der Waals surface area contributed by atoms with Gasteiger partial charge in [0.25, 0.3) is 0 Å². The molecule has 0 amide bonds. The van der Waals surface area contributed by atoms with E-state index in [1.807, 2.05) is 12.1 Å². The van der Waals surface area contributed by atoms with Gasteiger partial charge in [0.2, 0.25) is 0 Å². The van der Waals surface area contributed by atoms with Gasteiger partial charge in [0, 0.05) is 48.8 Å². The van der Waals surface area contributed by atoms with Crippen LogP contribution in [0.3, 0.4) is 0 Å². The lowest BCUT2D eigenvalue weighted by molar-refractivity contribution is 0.0874. The molecule has 3 N–H and O–H groups in total. The Morgan fingerprint density at radius 3 is 2.94 bits per heavy atom. The molecular weight excluding hydrogens is 294 g/mol. The molecule has 18 heavy (non-hydrogen) atoms. The average Bonchev–Trinajstić information content (AvgIpc) is 2.36. The fourth-order valence-electron chi connectivity index (χ4n) is 2.38. The molecule has 1 aromatic rings. The second kappa shape index (κ2) is 6.02. The third kappa shape index (κ3) is 3.23. The Balaban J connectivity index is 2.10. The molecule has 0 radical (unpaired) electrons. The molecule has 0 aromatic heterocycles. The van der Waals surface area contributed by atoms with E-state index in [0.29, 0.717) is 18.3 Å². The quantitative estimate of drug-likeness (QED) is 0.881. The third-order valence-corrected chi connectivity index (χ3v) is 3.99. The van der Waals surface area contributed by atoms with Crippen molar-refractivity contribution in [3.63, 3.8) is 0 Å². The van der Waals surface area contributed by atoms with Crippen LogP contribution in [0.1, 0.15) is 5.56 Å². The summed E-state index contributed by atoms with van der Waals surface area (Å²) >= 11 is 3.44. The van der Waals surface area contributed by atoms with Gasteiger partial charge in [-0.2, -0.15) is 0 Å². The maximum absolute atomic E-state index is 9.89. The number of nitrogens with two attached hydrogens (primary N) is 1. The molecule has 1 atom stereocenters. The number of halogens is 1. The van der Waals surface area contributed by atoms with E-state index in [1.54, 1.807) is 6.07 Å². The zero-order valence-corrected chi connectivity index (χ0v) is 12.2. The summed E-state index contributed by atoms with van der Waals surface area (Å²) < 4.78 is 0.994. The Morgan fingerprint density at radius 2 is 2.22 bits per heavy atom. The maximum Gasteiger partial charge on any atom is 0.120 e. The Labute approximate surface area is 117 Å². The number of hydrogen-bond acceptors (Lipinski definition) is 4. The topological polar surface area (TPSA) is 52.7 Å². The van der Waals surface area contributed by atoms with Gasteiger partial charge in [0.05, 0.1) is 0 Å². The van der Waals surface area contributed by atoms with Crippen molar-refractivity contribution in [2.45, 2.75) is 12.6 Å². The standard InChI is InChI=1S/C13H20BrN3O/c1-16-4-5-17(12(7-15)9-16)8-10-6-11(14)2-3-13(10)18/h2-3,6,12,18H,4-5,7-9,15H2,1H3. The summed E-state index contributed by atoms with van der Waals surface area (Å²) in [4.78, 5) is 4.65. The molecule has 0 aliphatic carbocycles. The number of hydrogen-bond donors (Lipinski definition) is 2. The largest absolute Gasteiger partial charge is 0.508 e. The Morgan fingerprint density at radius 1 is 1.44 bits per heavy atom. The van der Waals surface area contributed by atoms with E-state index in [-0.39, 0.29) is 0 Å². The molecule has 1 fully saturated rings. The minimum Gasteiger partial charge on any atom is -0.508 e. The van der Waals surface area contributed by atoms with Gasteiger partial charge in [-0.1, -0.05) is 15.9 Å². The molecule has 100 valence electrons. The summed E-state index contributed by atoms with van der Waals surface area (Å²) in [6.45, 7) is 4.43. The van der Waals surface area contributed by atoms with Crippen LogP contribution in [-0.4, -0.2) is 54.2 Å². The lowest BCUT2D eigenvalue weighted by Crippen LogP contribution is -2.54. The first kappa shape index (κ1) is 13.8. The number of likely N-dealkylation sites (N-methyl/N-ethyl adjacent to an activating group) is 1. The number of rotatable bonds is 3. The molecule has 1 aliphatic heterocycles. The molecule has 2 rings (SSSR count). The van der Waals surface area contributed by atoms with E-state index in [2.05, 4.69) is 32.8 Å². The number of phenols is 1. The van der Waals surface area contributed by atoms with Crippen LogP contribution in [0.2, 0.25) is 0 Å². The van der Waals surface area contributed by atoms with Gasteiger partial charge in [0.15, 0.2) is 0 Å². The van der Waals surface area contributed by atoms with Crippen LogP contribution in [0.5, 0.6) is 5.75 Å². The van der Waals surface area contributed by atoms with E-state index in [1.165, 1.54) is 0 Å². The zero-order chi connectivity index (χ0) is 13.1. The Hall–Kier alpha value is -0.620. The highest BCUT2D eigenvalue weighted by Gasteiger charge is 2.24. The van der Waals surface area contributed by atoms with Gasteiger partial charge in [-0.3, -0.25) is 4.90 Å². The Bertz CT molecular complexity index is 413.